The summed E-state index contributed by atoms with van der Waals surface area (Å²) in [6.45, 7) is 1.97. The first kappa shape index (κ1) is 18.8. The number of halogens is 1. The third-order valence-electron chi connectivity index (χ3n) is 4.60. The molecule has 2 saturated heterocycles. The Morgan fingerprint density at radius 2 is 2.04 bits per heavy atom. The molecule has 8 heteroatoms. The number of ether oxygens (including phenoxy) is 1. The molecule has 6 nitrogen and oxygen atoms in total. The van der Waals surface area contributed by atoms with E-state index in [2.05, 4.69) is 4.90 Å². The topological polar surface area (TPSA) is 75.9 Å². The Kier molecular flexibility index (Phi) is 6.24. The number of carbonyl (C=O) groups is 2. The van der Waals surface area contributed by atoms with Crippen molar-refractivity contribution in [2.45, 2.75) is 31.8 Å². The van der Waals surface area contributed by atoms with Crippen molar-refractivity contribution in [3.63, 3.8) is 0 Å². The van der Waals surface area contributed by atoms with Crippen LogP contribution in [0.25, 0.3) is 0 Å². The van der Waals surface area contributed by atoms with E-state index < -0.39 is 18.1 Å². The maximum absolute atomic E-state index is 14.7. The number of nitrogens with two attached hydrogens (primary N) is 1. The number of anilines is 2. The van der Waals surface area contributed by atoms with Crippen molar-refractivity contribution in [1.82, 2.24) is 0 Å². The molecular formula is C18H24FN3O3S. The Hall–Kier alpha value is -1.96. The average Bonchev–Trinajstić information content (AvgIpc) is 2.94. The Morgan fingerprint density at radius 1 is 1.31 bits per heavy atom. The zero-order valence-corrected chi connectivity index (χ0v) is 15.5. The highest BCUT2D eigenvalue weighted by molar-refractivity contribution is 7.99. The molecule has 0 spiro atoms. The average molecular weight is 381 g/mol. The molecule has 0 bridgehead atoms. The lowest BCUT2D eigenvalue weighted by molar-refractivity contribution is -0.118. The minimum atomic E-state index is -0.519. The normalized spacial score (nSPS) is 21.3. The molecule has 1 aromatic carbocycles. The number of nitrogens with zero attached hydrogens (tertiary/aromatic N) is 2. The van der Waals surface area contributed by atoms with E-state index in [1.54, 1.807) is 12.1 Å². The van der Waals surface area contributed by atoms with Gasteiger partial charge in [0.05, 0.1) is 17.9 Å². The van der Waals surface area contributed by atoms with Crippen molar-refractivity contribution in [1.29, 1.82) is 0 Å². The zero-order chi connectivity index (χ0) is 18.5. The fourth-order valence-corrected chi connectivity index (χ4v) is 4.15. The number of primary amides is 1. The molecule has 0 saturated carbocycles. The summed E-state index contributed by atoms with van der Waals surface area (Å²) in [6, 6.07) is 4.88. The fourth-order valence-electron chi connectivity index (χ4n) is 3.28. The zero-order valence-electron chi connectivity index (χ0n) is 14.7. The number of hydrogen-bond acceptors (Lipinski definition) is 5. The van der Waals surface area contributed by atoms with Crippen molar-refractivity contribution >= 4 is 35.1 Å². The van der Waals surface area contributed by atoms with Gasteiger partial charge in [0.1, 0.15) is 11.9 Å². The highest BCUT2D eigenvalue weighted by atomic mass is 32.2. The van der Waals surface area contributed by atoms with Crippen LogP contribution in [0, 0.1) is 5.82 Å². The predicted octanol–water partition coefficient (Wildman–Crippen LogP) is 2.75. The van der Waals surface area contributed by atoms with E-state index >= 15 is 0 Å². The molecule has 0 aliphatic carbocycles. The Balaban J connectivity index is 1.68. The van der Waals surface area contributed by atoms with Crippen LogP contribution in [0.5, 0.6) is 0 Å². The van der Waals surface area contributed by atoms with Gasteiger partial charge in [0.2, 0.25) is 5.91 Å². The summed E-state index contributed by atoms with van der Waals surface area (Å²) in [5.74, 6) is 1.44. The maximum Gasteiger partial charge on any atom is 0.414 e. The molecule has 0 radical (unpaired) electrons. The van der Waals surface area contributed by atoms with Gasteiger partial charge in [0.15, 0.2) is 0 Å². The second kappa shape index (κ2) is 8.62. The number of hydrogen-bond donors (Lipinski definition) is 1. The molecule has 142 valence electrons. The summed E-state index contributed by atoms with van der Waals surface area (Å²) >= 11 is 1.95. The first-order chi connectivity index (χ1) is 12.5. The summed E-state index contributed by atoms with van der Waals surface area (Å²) in [5, 5.41) is 0. The van der Waals surface area contributed by atoms with Crippen LogP contribution in [0.2, 0.25) is 0 Å². The number of thioether (sulfide) groups is 1. The molecule has 1 aromatic rings. The van der Waals surface area contributed by atoms with Gasteiger partial charge >= 0.3 is 6.09 Å². The lowest BCUT2D eigenvalue weighted by atomic mass is 10.1. The minimum absolute atomic E-state index is 0.159. The van der Waals surface area contributed by atoms with E-state index in [0.717, 1.165) is 37.4 Å². The second-order valence-corrected chi connectivity index (χ2v) is 7.79. The van der Waals surface area contributed by atoms with E-state index in [1.807, 2.05) is 11.8 Å². The number of carbonyl (C=O) groups excluding carboxylic acids is 2. The smallest absolute Gasteiger partial charge is 0.414 e. The summed E-state index contributed by atoms with van der Waals surface area (Å²) < 4.78 is 20.0. The SMILES string of the molecule is NC(=O)CCC1CN(c2ccc(N3CCCSCCC3)c(F)c2)C(=O)O1. The van der Waals surface area contributed by atoms with Gasteiger partial charge in [-0.1, -0.05) is 0 Å². The summed E-state index contributed by atoms with van der Waals surface area (Å²) in [6.07, 6.45) is 1.69. The van der Waals surface area contributed by atoms with E-state index in [1.165, 1.54) is 11.0 Å². The molecular weight excluding hydrogens is 357 g/mol. The van der Waals surface area contributed by atoms with Crippen LogP contribution < -0.4 is 15.5 Å². The summed E-state index contributed by atoms with van der Waals surface area (Å²) in [4.78, 5) is 26.4. The van der Waals surface area contributed by atoms with Crippen LogP contribution in [0.3, 0.4) is 0 Å². The van der Waals surface area contributed by atoms with Crippen molar-refractivity contribution < 1.29 is 18.7 Å². The molecule has 2 aliphatic heterocycles. The van der Waals surface area contributed by atoms with Crippen LogP contribution in [-0.4, -0.2) is 49.2 Å². The van der Waals surface area contributed by atoms with Crippen molar-refractivity contribution in [3.05, 3.63) is 24.0 Å². The molecule has 1 atom stereocenters. The molecule has 2 fully saturated rings. The van der Waals surface area contributed by atoms with E-state index in [9.17, 15) is 14.0 Å². The Labute approximate surface area is 156 Å². The number of cyclic esters (lactones) is 1. The van der Waals surface area contributed by atoms with Crippen LogP contribution in [-0.2, 0) is 9.53 Å². The quantitative estimate of drug-likeness (QED) is 0.849. The largest absolute Gasteiger partial charge is 0.444 e. The molecule has 0 aromatic heterocycles. The third-order valence-corrected chi connectivity index (χ3v) is 5.76. The minimum Gasteiger partial charge on any atom is -0.444 e. The molecule has 1 unspecified atom stereocenters. The first-order valence-corrected chi connectivity index (χ1v) is 10.1. The van der Waals surface area contributed by atoms with Crippen molar-refractivity contribution in [3.8, 4) is 0 Å². The van der Waals surface area contributed by atoms with E-state index in [-0.39, 0.29) is 12.2 Å². The predicted molar refractivity (Wildman–Crippen MR) is 101 cm³/mol. The molecule has 2 N–H and O–H groups in total. The Bertz CT molecular complexity index is 665. The highest BCUT2D eigenvalue weighted by Crippen LogP contribution is 2.29. The number of amides is 2. The molecule has 2 amide bonds. The van der Waals surface area contributed by atoms with Gasteiger partial charge in [0.25, 0.3) is 0 Å². The summed E-state index contributed by atoms with van der Waals surface area (Å²) in [7, 11) is 0. The van der Waals surface area contributed by atoms with Crippen LogP contribution in [0.15, 0.2) is 18.2 Å². The molecule has 2 aliphatic rings. The highest BCUT2D eigenvalue weighted by Gasteiger charge is 2.32. The number of benzene rings is 1. The molecule has 3 rings (SSSR count). The molecule has 2 heterocycles. The Morgan fingerprint density at radius 3 is 2.69 bits per heavy atom. The van der Waals surface area contributed by atoms with Gasteiger partial charge in [0, 0.05) is 19.5 Å². The van der Waals surface area contributed by atoms with Gasteiger partial charge in [-0.3, -0.25) is 9.69 Å². The third kappa shape index (κ3) is 4.60. The van der Waals surface area contributed by atoms with Crippen LogP contribution in [0.1, 0.15) is 25.7 Å². The van der Waals surface area contributed by atoms with Gasteiger partial charge in [-0.15, -0.1) is 0 Å². The van der Waals surface area contributed by atoms with E-state index in [0.29, 0.717) is 24.3 Å². The first-order valence-electron chi connectivity index (χ1n) is 8.93. The fraction of sp³-hybridized carbons (Fsp3) is 0.556. The van der Waals surface area contributed by atoms with Crippen molar-refractivity contribution in [2.24, 2.45) is 5.73 Å². The van der Waals surface area contributed by atoms with Crippen LogP contribution >= 0.6 is 11.8 Å². The summed E-state index contributed by atoms with van der Waals surface area (Å²) in [5.41, 5.74) is 6.19. The maximum atomic E-state index is 14.7. The van der Waals surface area contributed by atoms with Crippen LogP contribution in [0.4, 0.5) is 20.6 Å². The van der Waals surface area contributed by atoms with Gasteiger partial charge in [-0.2, -0.15) is 11.8 Å². The lowest BCUT2D eigenvalue weighted by Crippen LogP contribution is -2.29. The second-order valence-electron chi connectivity index (χ2n) is 6.56. The van der Waals surface area contributed by atoms with Gasteiger partial charge in [-0.05, 0) is 49.0 Å². The molecule has 26 heavy (non-hydrogen) atoms. The number of rotatable bonds is 5. The monoisotopic (exact) mass is 381 g/mol. The van der Waals surface area contributed by atoms with Gasteiger partial charge < -0.3 is 15.4 Å². The van der Waals surface area contributed by atoms with E-state index in [4.69, 9.17) is 10.5 Å². The van der Waals surface area contributed by atoms with Crippen molar-refractivity contribution in [2.75, 3.05) is 40.9 Å². The lowest BCUT2D eigenvalue weighted by Gasteiger charge is -2.27. The standard InChI is InChI=1S/C18H24FN3O3S/c19-15-11-13(22-12-14(25-18(22)24)4-6-17(20)23)3-5-16(15)21-7-1-9-26-10-2-8-21/h3,5,11,14H,1-2,4,6-10,12H2,(H2,20,23). The van der Waals surface area contributed by atoms with Gasteiger partial charge in [-0.25, -0.2) is 9.18 Å².